The summed E-state index contributed by atoms with van der Waals surface area (Å²) in [6, 6.07) is 11.0. The monoisotopic (exact) mass is 464 g/mol. The van der Waals surface area contributed by atoms with Crippen LogP contribution in [0.4, 0.5) is 5.69 Å². The lowest BCUT2D eigenvalue weighted by Crippen LogP contribution is -2.39. The van der Waals surface area contributed by atoms with Gasteiger partial charge >= 0.3 is 11.8 Å². The van der Waals surface area contributed by atoms with Gasteiger partial charge in [-0.3, -0.25) is 19.8 Å². The van der Waals surface area contributed by atoms with Gasteiger partial charge in [-0.05, 0) is 42.5 Å². The Balaban J connectivity index is 1.96. The largest absolute Gasteiger partial charge is 0.344 e. The van der Waals surface area contributed by atoms with Gasteiger partial charge in [0, 0.05) is 22.6 Å². The van der Waals surface area contributed by atoms with Crippen molar-refractivity contribution in [1.29, 1.82) is 0 Å². The van der Waals surface area contributed by atoms with E-state index in [0.717, 1.165) is 0 Å². The molecule has 2 aromatic carbocycles. The van der Waals surface area contributed by atoms with Crippen LogP contribution in [0.2, 0.25) is 15.1 Å². The highest BCUT2D eigenvalue weighted by molar-refractivity contribution is 6.42. The van der Waals surface area contributed by atoms with Gasteiger partial charge in [-0.15, -0.1) is 6.58 Å². The first-order valence-electron chi connectivity index (χ1n) is 8.57. The molecular formula is C20H15Cl3N4O3. The summed E-state index contributed by atoms with van der Waals surface area (Å²) in [5.41, 5.74) is 3.38. The van der Waals surface area contributed by atoms with Gasteiger partial charge in [-0.2, -0.15) is 0 Å². The van der Waals surface area contributed by atoms with E-state index < -0.39 is 17.7 Å². The maximum absolute atomic E-state index is 12.9. The molecule has 0 atom stereocenters. The topological polar surface area (TPSA) is 92.2 Å². The number of aromatic nitrogens is 1. The van der Waals surface area contributed by atoms with Gasteiger partial charge in [0.2, 0.25) is 0 Å². The molecule has 0 aliphatic rings. The highest BCUT2D eigenvalue weighted by Gasteiger charge is 2.21. The number of hydrogen-bond donors (Lipinski definition) is 3. The van der Waals surface area contributed by atoms with Crippen molar-refractivity contribution in [1.82, 2.24) is 9.99 Å². The van der Waals surface area contributed by atoms with Crippen LogP contribution in [0, 0.1) is 0 Å². The van der Waals surface area contributed by atoms with Crippen molar-refractivity contribution in [2.75, 3.05) is 17.3 Å². The molecule has 0 unspecified atom stereocenters. The summed E-state index contributed by atoms with van der Waals surface area (Å²) in [6.07, 6.45) is 1.44. The molecule has 0 aliphatic carbocycles. The van der Waals surface area contributed by atoms with Crippen LogP contribution >= 0.6 is 34.8 Å². The predicted molar refractivity (Wildman–Crippen MR) is 119 cm³/mol. The maximum atomic E-state index is 12.9. The highest BCUT2D eigenvalue weighted by Crippen LogP contribution is 2.27. The van der Waals surface area contributed by atoms with Crippen molar-refractivity contribution in [2.45, 2.75) is 0 Å². The van der Waals surface area contributed by atoms with E-state index in [4.69, 9.17) is 34.8 Å². The zero-order chi connectivity index (χ0) is 21.8. The summed E-state index contributed by atoms with van der Waals surface area (Å²) in [5, 5.41) is 6.71. The SMILES string of the molecule is C=CCNC(=O)C(=O)Nn1c(C(=O)Nc2ccc(Cl)c(Cl)c2)cc2cc(Cl)ccc21. The van der Waals surface area contributed by atoms with Crippen molar-refractivity contribution in [3.05, 3.63) is 75.9 Å². The maximum Gasteiger partial charge on any atom is 0.328 e. The van der Waals surface area contributed by atoms with Crippen molar-refractivity contribution in [3.8, 4) is 0 Å². The van der Waals surface area contributed by atoms with E-state index in [0.29, 0.717) is 26.6 Å². The highest BCUT2D eigenvalue weighted by atomic mass is 35.5. The van der Waals surface area contributed by atoms with Gasteiger partial charge in [0.1, 0.15) is 5.69 Å². The van der Waals surface area contributed by atoms with Crippen LogP contribution < -0.4 is 16.1 Å². The van der Waals surface area contributed by atoms with Gasteiger partial charge in [0.05, 0.1) is 15.6 Å². The third-order valence-electron chi connectivity index (χ3n) is 4.00. The fraction of sp³-hybridized carbons (Fsp3) is 0.0500. The molecule has 0 saturated carbocycles. The van der Waals surface area contributed by atoms with Crippen LogP contribution in [0.15, 0.2) is 55.1 Å². The molecule has 3 amide bonds. The van der Waals surface area contributed by atoms with Crippen LogP contribution in [0.3, 0.4) is 0 Å². The molecule has 30 heavy (non-hydrogen) atoms. The zero-order valence-electron chi connectivity index (χ0n) is 15.3. The number of halogens is 3. The number of carbonyl (C=O) groups is 3. The van der Waals surface area contributed by atoms with Gasteiger partial charge in [-0.1, -0.05) is 40.9 Å². The number of carbonyl (C=O) groups excluding carboxylic acids is 3. The molecule has 0 spiro atoms. The number of rotatable bonds is 5. The first kappa shape index (κ1) is 21.7. The normalized spacial score (nSPS) is 10.5. The average molecular weight is 466 g/mol. The molecule has 0 aliphatic heterocycles. The lowest BCUT2D eigenvalue weighted by Gasteiger charge is -2.12. The minimum absolute atomic E-state index is 0.0724. The Morgan fingerprint density at radius 2 is 1.73 bits per heavy atom. The summed E-state index contributed by atoms with van der Waals surface area (Å²) >= 11 is 17.9. The second kappa shape index (κ2) is 9.21. The van der Waals surface area contributed by atoms with E-state index in [1.54, 1.807) is 30.3 Å². The van der Waals surface area contributed by atoms with Gasteiger partial charge in [-0.25, -0.2) is 4.68 Å². The number of fused-ring (bicyclic) bond motifs is 1. The molecule has 154 valence electrons. The predicted octanol–water partition coefficient (Wildman–Crippen LogP) is 4.23. The lowest BCUT2D eigenvalue weighted by atomic mass is 10.2. The minimum atomic E-state index is -0.951. The molecule has 3 N–H and O–H groups in total. The second-order valence-corrected chi connectivity index (χ2v) is 7.34. The Bertz CT molecular complexity index is 1170. The van der Waals surface area contributed by atoms with E-state index in [1.165, 1.54) is 22.9 Å². The molecule has 0 saturated heterocycles. The van der Waals surface area contributed by atoms with Crippen LogP contribution in [-0.2, 0) is 9.59 Å². The molecule has 3 rings (SSSR count). The second-order valence-electron chi connectivity index (χ2n) is 6.09. The Morgan fingerprint density at radius 3 is 2.43 bits per heavy atom. The van der Waals surface area contributed by atoms with Crippen LogP contribution in [0.1, 0.15) is 10.5 Å². The van der Waals surface area contributed by atoms with E-state index in [9.17, 15) is 14.4 Å². The molecule has 0 fully saturated rings. The number of anilines is 1. The van der Waals surface area contributed by atoms with Gasteiger partial charge in [0.25, 0.3) is 5.91 Å². The van der Waals surface area contributed by atoms with E-state index in [-0.39, 0.29) is 17.3 Å². The first-order valence-corrected chi connectivity index (χ1v) is 9.71. The summed E-state index contributed by atoms with van der Waals surface area (Å²) in [5.74, 6) is -2.37. The number of hydrogen-bond acceptors (Lipinski definition) is 3. The molecule has 10 heteroatoms. The van der Waals surface area contributed by atoms with Crippen molar-refractivity contribution < 1.29 is 14.4 Å². The third-order valence-corrected chi connectivity index (χ3v) is 4.97. The Labute approximate surface area is 186 Å². The minimum Gasteiger partial charge on any atom is -0.344 e. The molecule has 7 nitrogen and oxygen atoms in total. The Morgan fingerprint density at radius 1 is 0.967 bits per heavy atom. The molecule has 0 bridgehead atoms. The third kappa shape index (κ3) is 4.76. The fourth-order valence-corrected chi connectivity index (χ4v) is 3.12. The van der Waals surface area contributed by atoms with Crippen molar-refractivity contribution in [3.63, 3.8) is 0 Å². The number of amides is 3. The smallest absolute Gasteiger partial charge is 0.328 e. The van der Waals surface area contributed by atoms with Crippen molar-refractivity contribution in [2.24, 2.45) is 0 Å². The molecule has 1 aromatic heterocycles. The summed E-state index contributed by atoms with van der Waals surface area (Å²) in [6.45, 7) is 3.59. The molecule has 0 radical (unpaired) electrons. The van der Waals surface area contributed by atoms with Crippen molar-refractivity contribution >= 4 is 69.1 Å². The number of nitrogens with one attached hydrogen (secondary N) is 3. The van der Waals surface area contributed by atoms with E-state index in [2.05, 4.69) is 22.6 Å². The van der Waals surface area contributed by atoms with Gasteiger partial charge < -0.3 is 10.6 Å². The van der Waals surface area contributed by atoms with Gasteiger partial charge in [0.15, 0.2) is 0 Å². The lowest BCUT2D eigenvalue weighted by molar-refractivity contribution is -0.136. The fourth-order valence-electron chi connectivity index (χ4n) is 2.64. The Kier molecular flexibility index (Phi) is 6.66. The number of nitrogens with zero attached hydrogens (tertiary/aromatic N) is 1. The first-order chi connectivity index (χ1) is 14.3. The van der Waals surface area contributed by atoms with Crippen LogP contribution in [0.5, 0.6) is 0 Å². The molecule has 3 aromatic rings. The zero-order valence-corrected chi connectivity index (χ0v) is 17.6. The quantitative estimate of drug-likeness (QED) is 0.389. The summed E-state index contributed by atoms with van der Waals surface area (Å²) < 4.78 is 1.22. The molecular weight excluding hydrogens is 451 g/mol. The Hall–Kier alpha value is -3.00. The standard InChI is InChI=1S/C20H15Cl3N4O3/c1-2-7-24-19(29)20(30)26-27-16-6-3-12(21)8-11(16)9-17(27)18(28)25-13-4-5-14(22)15(23)10-13/h2-6,8-10H,1,7H2,(H,24,29)(H,25,28)(H,26,30). The van der Waals surface area contributed by atoms with E-state index in [1.807, 2.05) is 0 Å². The summed E-state index contributed by atoms with van der Waals surface area (Å²) in [4.78, 5) is 37.1. The number of benzene rings is 2. The average Bonchev–Trinajstić information content (AvgIpc) is 3.06. The van der Waals surface area contributed by atoms with E-state index >= 15 is 0 Å². The van der Waals surface area contributed by atoms with Crippen LogP contribution in [-0.4, -0.2) is 28.9 Å². The summed E-state index contributed by atoms with van der Waals surface area (Å²) in [7, 11) is 0. The van der Waals surface area contributed by atoms with Crippen LogP contribution in [0.25, 0.3) is 10.9 Å². The molecule has 1 heterocycles.